The van der Waals surface area contributed by atoms with Crippen LogP contribution in [0.15, 0.2) is 121 Å². The van der Waals surface area contributed by atoms with E-state index in [9.17, 15) is 19.2 Å². The third-order valence-corrected chi connectivity index (χ3v) is 10.1. The summed E-state index contributed by atoms with van der Waals surface area (Å²) in [4.78, 5) is 50.0. The topological polar surface area (TPSA) is 170 Å². The standard InChI is InChI=1S/C48H54O15/c1-31(49)54-30-40-42(58-32(2)50)44(59-33(3)51)46(48(62-40)60-34(4)52)63-47-45(57-28-38-23-15-8-16-24-38)43(56-27-37-21-13-7-14-22-37)41(55-26-36-19-11-6-12-20-36)39(61-47)29-53-25-35-17-9-5-10-18-35/h5-24,39-48H,25-30H2,1-4H3/t39-,40-,41-,42-,43+,44+,45+,46+,47+,48+/m1/s1. The van der Waals surface area contributed by atoms with Gasteiger partial charge in [-0.05, 0) is 22.3 Å². The second kappa shape index (κ2) is 23.8. The van der Waals surface area contributed by atoms with Crippen molar-refractivity contribution in [2.45, 2.75) is 116 Å². The van der Waals surface area contributed by atoms with Gasteiger partial charge in [0.25, 0.3) is 0 Å². The summed E-state index contributed by atoms with van der Waals surface area (Å²) in [5.41, 5.74) is 3.52. The van der Waals surface area contributed by atoms with Crippen LogP contribution in [-0.2, 0) is 97.7 Å². The fourth-order valence-electron chi connectivity index (χ4n) is 7.29. The summed E-state index contributed by atoms with van der Waals surface area (Å²) in [6.07, 6.45) is -12.4. The molecule has 2 saturated heterocycles. The predicted octanol–water partition coefficient (Wildman–Crippen LogP) is 5.78. The Bertz CT molecular complexity index is 2020. The first-order valence-electron chi connectivity index (χ1n) is 20.7. The maximum atomic E-state index is 12.8. The summed E-state index contributed by atoms with van der Waals surface area (Å²) in [7, 11) is 0. The first kappa shape index (κ1) is 47.0. The van der Waals surface area contributed by atoms with Crippen LogP contribution in [0.5, 0.6) is 0 Å². The molecule has 2 heterocycles. The lowest BCUT2D eigenvalue weighted by Gasteiger charge is -2.49. The van der Waals surface area contributed by atoms with E-state index >= 15 is 0 Å². The summed E-state index contributed by atoms with van der Waals surface area (Å²) in [5.74, 6) is -2.99. The Morgan fingerprint density at radius 2 is 0.825 bits per heavy atom. The van der Waals surface area contributed by atoms with Crippen LogP contribution in [-0.4, -0.2) is 98.5 Å². The van der Waals surface area contributed by atoms with Crippen molar-refractivity contribution in [2.75, 3.05) is 13.2 Å². The highest BCUT2D eigenvalue weighted by atomic mass is 16.8. The minimum atomic E-state index is -1.61. The van der Waals surface area contributed by atoms with Gasteiger partial charge in [-0.3, -0.25) is 19.2 Å². The molecule has 6 rings (SSSR count). The number of carbonyl (C=O) groups excluding carboxylic acids is 4. The van der Waals surface area contributed by atoms with Gasteiger partial charge >= 0.3 is 23.9 Å². The fourth-order valence-corrected chi connectivity index (χ4v) is 7.29. The van der Waals surface area contributed by atoms with Gasteiger partial charge in [-0.1, -0.05) is 121 Å². The SMILES string of the molecule is CC(=O)OC[C@H]1O[C@H](OC(C)=O)[C@@H](O[C@@H]2O[C@H](COCc3ccccc3)[C@@H](OCc3ccccc3)[C@H](OCc3ccccc3)[C@@H]2OCc2ccccc2)[C@@H](OC(C)=O)[C@@H]1OC(C)=O. The normalized spacial score (nSPS) is 25.7. The number of hydrogen-bond acceptors (Lipinski definition) is 15. The minimum absolute atomic E-state index is 0.00669. The molecule has 0 aromatic heterocycles. The molecule has 10 atom stereocenters. The Kier molecular flexibility index (Phi) is 17.7. The van der Waals surface area contributed by atoms with E-state index in [0.29, 0.717) is 0 Å². The third-order valence-electron chi connectivity index (χ3n) is 10.1. The zero-order valence-electron chi connectivity index (χ0n) is 35.7. The molecule has 0 amide bonds. The van der Waals surface area contributed by atoms with Crippen molar-refractivity contribution in [2.24, 2.45) is 0 Å². The Morgan fingerprint density at radius 1 is 0.413 bits per heavy atom. The molecule has 0 bridgehead atoms. The first-order chi connectivity index (χ1) is 30.5. The zero-order valence-corrected chi connectivity index (χ0v) is 35.7. The Hall–Kier alpha value is -5.52. The zero-order chi connectivity index (χ0) is 44.6. The molecule has 0 aliphatic carbocycles. The number of esters is 4. The first-order valence-corrected chi connectivity index (χ1v) is 20.7. The highest BCUT2D eigenvalue weighted by Gasteiger charge is 2.56. The van der Waals surface area contributed by atoms with Gasteiger partial charge in [0.05, 0.1) is 33.0 Å². The number of hydrogen-bond donors (Lipinski definition) is 0. The van der Waals surface area contributed by atoms with Crippen LogP contribution < -0.4 is 0 Å². The molecule has 63 heavy (non-hydrogen) atoms. The molecule has 4 aromatic carbocycles. The number of benzene rings is 4. The van der Waals surface area contributed by atoms with Crippen molar-refractivity contribution < 1.29 is 71.3 Å². The second-order valence-electron chi connectivity index (χ2n) is 15.0. The van der Waals surface area contributed by atoms with Crippen molar-refractivity contribution >= 4 is 23.9 Å². The van der Waals surface area contributed by atoms with Crippen molar-refractivity contribution in [1.29, 1.82) is 0 Å². The molecule has 2 aliphatic rings. The summed E-state index contributed by atoms with van der Waals surface area (Å²) in [6, 6.07) is 38.3. The molecule has 15 heteroatoms. The number of ether oxygens (including phenoxy) is 11. The maximum Gasteiger partial charge on any atom is 0.305 e. The average Bonchev–Trinajstić information content (AvgIpc) is 3.27. The van der Waals surface area contributed by atoms with Gasteiger partial charge in [-0.15, -0.1) is 0 Å². The lowest BCUT2D eigenvalue weighted by atomic mass is 9.96. The van der Waals surface area contributed by atoms with Gasteiger partial charge < -0.3 is 52.1 Å². The maximum absolute atomic E-state index is 12.8. The highest BCUT2D eigenvalue weighted by Crippen LogP contribution is 2.36. The Labute approximate surface area is 366 Å². The van der Waals surface area contributed by atoms with E-state index in [4.69, 9.17) is 52.1 Å². The summed E-state index contributed by atoms with van der Waals surface area (Å²) in [6.45, 7) is 4.84. The Morgan fingerprint density at radius 3 is 1.30 bits per heavy atom. The molecular weight excluding hydrogens is 817 g/mol. The monoisotopic (exact) mass is 870 g/mol. The van der Waals surface area contributed by atoms with Crippen LogP contribution in [0.25, 0.3) is 0 Å². The molecule has 4 aromatic rings. The van der Waals surface area contributed by atoms with Crippen LogP contribution in [0.2, 0.25) is 0 Å². The molecule has 15 nitrogen and oxygen atoms in total. The smallest absolute Gasteiger partial charge is 0.305 e. The predicted molar refractivity (Wildman–Crippen MR) is 223 cm³/mol. The third kappa shape index (κ3) is 14.2. The average molecular weight is 871 g/mol. The van der Waals surface area contributed by atoms with Crippen molar-refractivity contribution in [1.82, 2.24) is 0 Å². The van der Waals surface area contributed by atoms with Gasteiger partial charge in [0.1, 0.15) is 37.1 Å². The van der Waals surface area contributed by atoms with Gasteiger partial charge in [0, 0.05) is 27.7 Å². The molecule has 0 unspecified atom stereocenters. The minimum Gasteiger partial charge on any atom is -0.463 e. The molecule has 2 aliphatic heterocycles. The number of rotatable bonds is 20. The molecule has 0 radical (unpaired) electrons. The second-order valence-corrected chi connectivity index (χ2v) is 15.0. The van der Waals surface area contributed by atoms with E-state index < -0.39 is 91.9 Å². The van der Waals surface area contributed by atoms with E-state index in [1.165, 1.54) is 6.92 Å². The van der Waals surface area contributed by atoms with Gasteiger partial charge in [0.2, 0.25) is 6.29 Å². The van der Waals surface area contributed by atoms with Gasteiger partial charge in [-0.25, -0.2) is 0 Å². The van der Waals surface area contributed by atoms with Crippen molar-refractivity contribution in [3.05, 3.63) is 144 Å². The van der Waals surface area contributed by atoms with Crippen LogP contribution >= 0.6 is 0 Å². The van der Waals surface area contributed by atoms with Crippen LogP contribution in [0.4, 0.5) is 0 Å². The lowest BCUT2D eigenvalue weighted by molar-refractivity contribution is -0.374. The quantitative estimate of drug-likeness (QED) is 0.0773. The summed E-state index contributed by atoms with van der Waals surface area (Å²) < 4.78 is 68.9. The molecular formula is C48H54O15. The van der Waals surface area contributed by atoms with Crippen LogP contribution in [0, 0.1) is 0 Å². The van der Waals surface area contributed by atoms with Crippen LogP contribution in [0.1, 0.15) is 49.9 Å². The van der Waals surface area contributed by atoms with E-state index in [-0.39, 0.29) is 33.0 Å². The molecule has 0 N–H and O–H groups in total. The Balaban J connectivity index is 1.43. The highest BCUT2D eigenvalue weighted by molar-refractivity contribution is 5.68. The van der Waals surface area contributed by atoms with E-state index in [0.717, 1.165) is 43.0 Å². The van der Waals surface area contributed by atoms with Crippen molar-refractivity contribution in [3.8, 4) is 0 Å². The lowest BCUT2D eigenvalue weighted by Crippen LogP contribution is -2.67. The van der Waals surface area contributed by atoms with Crippen molar-refractivity contribution in [3.63, 3.8) is 0 Å². The molecule has 0 spiro atoms. The van der Waals surface area contributed by atoms with Gasteiger partial charge in [0.15, 0.2) is 24.6 Å². The van der Waals surface area contributed by atoms with Gasteiger partial charge in [-0.2, -0.15) is 0 Å². The van der Waals surface area contributed by atoms with E-state index in [1.54, 1.807) is 0 Å². The fraction of sp³-hybridized carbons (Fsp3) is 0.417. The summed E-state index contributed by atoms with van der Waals surface area (Å²) >= 11 is 0. The van der Waals surface area contributed by atoms with Crippen LogP contribution in [0.3, 0.4) is 0 Å². The van der Waals surface area contributed by atoms with E-state index in [1.807, 2.05) is 121 Å². The molecule has 2 fully saturated rings. The largest absolute Gasteiger partial charge is 0.463 e. The number of carbonyl (C=O) groups is 4. The molecule has 336 valence electrons. The summed E-state index contributed by atoms with van der Waals surface area (Å²) in [5, 5.41) is 0. The molecule has 0 saturated carbocycles. The van der Waals surface area contributed by atoms with E-state index in [2.05, 4.69) is 0 Å².